The molecule has 0 saturated carbocycles. The Morgan fingerprint density at radius 1 is 1.05 bits per heavy atom. The van der Waals surface area contributed by atoms with Gasteiger partial charge in [0, 0.05) is 25.1 Å². The van der Waals surface area contributed by atoms with Gasteiger partial charge in [0.25, 0.3) is 0 Å². The van der Waals surface area contributed by atoms with Crippen molar-refractivity contribution >= 4 is 29.0 Å². The van der Waals surface area contributed by atoms with Crippen LogP contribution in [-0.2, 0) is 4.79 Å². The number of carbonyl (C=O) groups is 2. The Morgan fingerprint density at radius 2 is 1.68 bits per heavy atom. The van der Waals surface area contributed by atoms with Crippen LogP contribution in [0.25, 0.3) is 0 Å². The number of hydrogen-bond acceptors (Lipinski definition) is 2. The highest BCUT2D eigenvalue weighted by molar-refractivity contribution is 6.35. The Kier molecular flexibility index (Phi) is 4.67. The summed E-state index contributed by atoms with van der Waals surface area (Å²) in [7, 11) is 1.67. The molecule has 0 aromatic heterocycles. The fourth-order valence-electron chi connectivity index (χ4n) is 2.53. The van der Waals surface area contributed by atoms with Crippen LogP contribution in [0.4, 0.5) is 5.69 Å². The molecule has 0 saturated heterocycles. The van der Waals surface area contributed by atoms with Gasteiger partial charge in [-0.1, -0.05) is 29.8 Å². The van der Waals surface area contributed by atoms with Crippen LogP contribution in [0, 0.1) is 13.8 Å². The molecular formula is C18H18ClNO2. The number of halogens is 1. The molecule has 0 heterocycles. The van der Waals surface area contributed by atoms with E-state index >= 15 is 0 Å². The Balaban J connectivity index is 2.67. The molecule has 22 heavy (non-hydrogen) atoms. The van der Waals surface area contributed by atoms with E-state index in [0.717, 1.165) is 11.1 Å². The average molecular weight is 316 g/mol. The number of amides is 1. The maximum atomic E-state index is 12.9. The topological polar surface area (TPSA) is 37.4 Å². The summed E-state index contributed by atoms with van der Waals surface area (Å²) in [4.78, 5) is 26.1. The molecule has 0 N–H and O–H groups in total. The van der Waals surface area contributed by atoms with Crippen molar-refractivity contribution in [1.29, 1.82) is 0 Å². The van der Waals surface area contributed by atoms with Crippen molar-refractivity contribution in [2.75, 3.05) is 11.9 Å². The van der Waals surface area contributed by atoms with Crippen LogP contribution in [0.15, 0.2) is 36.4 Å². The molecule has 0 bridgehead atoms. The lowest BCUT2D eigenvalue weighted by Gasteiger charge is -2.22. The van der Waals surface area contributed by atoms with Crippen molar-refractivity contribution in [1.82, 2.24) is 0 Å². The van der Waals surface area contributed by atoms with Crippen LogP contribution in [0.1, 0.15) is 34.0 Å². The lowest BCUT2D eigenvalue weighted by molar-refractivity contribution is -0.116. The van der Waals surface area contributed by atoms with Crippen LogP contribution in [0.2, 0.25) is 5.02 Å². The number of nitrogens with zero attached hydrogens (tertiary/aromatic N) is 1. The molecule has 0 spiro atoms. The van der Waals surface area contributed by atoms with Gasteiger partial charge >= 0.3 is 0 Å². The Morgan fingerprint density at radius 3 is 2.27 bits per heavy atom. The van der Waals surface area contributed by atoms with E-state index in [2.05, 4.69) is 0 Å². The summed E-state index contributed by atoms with van der Waals surface area (Å²) in [5, 5.41) is 0.406. The standard InChI is InChI=1S/C18H18ClNO2/c1-11-9-12(2)17(20(4)13(3)21)15(10-11)18(22)14-7-5-6-8-16(14)19/h5-10H,1-4H3. The van der Waals surface area contributed by atoms with Gasteiger partial charge in [0.2, 0.25) is 5.91 Å². The van der Waals surface area contributed by atoms with Crippen molar-refractivity contribution in [2.24, 2.45) is 0 Å². The molecule has 2 aromatic rings. The molecule has 2 aromatic carbocycles. The van der Waals surface area contributed by atoms with Crippen molar-refractivity contribution in [3.63, 3.8) is 0 Å². The van der Waals surface area contributed by atoms with Gasteiger partial charge in [0.15, 0.2) is 5.78 Å². The third kappa shape index (κ3) is 3.04. The lowest BCUT2D eigenvalue weighted by Crippen LogP contribution is -2.26. The van der Waals surface area contributed by atoms with E-state index in [1.165, 1.54) is 11.8 Å². The number of rotatable bonds is 3. The normalized spacial score (nSPS) is 10.4. The summed E-state index contributed by atoms with van der Waals surface area (Å²) in [5.41, 5.74) is 3.40. The molecule has 0 radical (unpaired) electrons. The van der Waals surface area contributed by atoms with Crippen LogP contribution in [0.5, 0.6) is 0 Å². The lowest BCUT2D eigenvalue weighted by atomic mass is 9.96. The predicted octanol–water partition coefficient (Wildman–Crippen LogP) is 4.17. The zero-order valence-corrected chi connectivity index (χ0v) is 13.9. The maximum absolute atomic E-state index is 12.9. The monoisotopic (exact) mass is 315 g/mol. The first-order valence-electron chi connectivity index (χ1n) is 6.97. The quantitative estimate of drug-likeness (QED) is 0.797. The van der Waals surface area contributed by atoms with Crippen molar-refractivity contribution < 1.29 is 9.59 Å². The molecule has 0 aliphatic heterocycles. The van der Waals surface area contributed by atoms with E-state index in [1.54, 1.807) is 37.4 Å². The van der Waals surface area contributed by atoms with Gasteiger partial charge in [-0.3, -0.25) is 9.59 Å². The van der Waals surface area contributed by atoms with E-state index in [0.29, 0.717) is 21.8 Å². The first kappa shape index (κ1) is 16.2. The molecule has 0 unspecified atom stereocenters. The third-order valence-electron chi connectivity index (χ3n) is 3.62. The highest BCUT2D eigenvalue weighted by Gasteiger charge is 2.21. The SMILES string of the molecule is CC(=O)N(C)c1c(C)cc(C)cc1C(=O)c1ccccc1Cl. The smallest absolute Gasteiger partial charge is 0.223 e. The summed E-state index contributed by atoms with van der Waals surface area (Å²) in [6.45, 7) is 5.29. The number of carbonyl (C=O) groups excluding carboxylic acids is 2. The number of benzene rings is 2. The molecule has 4 heteroatoms. The van der Waals surface area contributed by atoms with Crippen LogP contribution < -0.4 is 4.90 Å². The largest absolute Gasteiger partial charge is 0.315 e. The Labute approximate surface area is 135 Å². The number of hydrogen-bond donors (Lipinski definition) is 0. The summed E-state index contributed by atoms with van der Waals surface area (Å²) < 4.78 is 0. The zero-order chi connectivity index (χ0) is 16.4. The van der Waals surface area contributed by atoms with Gasteiger partial charge in [-0.25, -0.2) is 0 Å². The van der Waals surface area contributed by atoms with E-state index in [9.17, 15) is 9.59 Å². The summed E-state index contributed by atoms with van der Waals surface area (Å²) >= 11 is 6.14. The maximum Gasteiger partial charge on any atom is 0.223 e. The summed E-state index contributed by atoms with van der Waals surface area (Å²) in [6, 6.07) is 10.7. The highest BCUT2D eigenvalue weighted by Crippen LogP contribution is 2.30. The van der Waals surface area contributed by atoms with Crippen LogP contribution >= 0.6 is 11.6 Å². The van der Waals surface area contributed by atoms with Gasteiger partial charge in [0.05, 0.1) is 10.7 Å². The molecule has 0 aliphatic rings. The van der Waals surface area contributed by atoms with Crippen LogP contribution in [-0.4, -0.2) is 18.7 Å². The van der Waals surface area contributed by atoms with E-state index in [4.69, 9.17) is 11.6 Å². The average Bonchev–Trinajstić information content (AvgIpc) is 2.45. The second-order valence-electron chi connectivity index (χ2n) is 5.36. The fraction of sp³-hybridized carbons (Fsp3) is 0.222. The van der Waals surface area contributed by atoms with E-state index in [-0.39, 0.29) is 11.7 Å². The fourth-order valence-corrected chi connectivity index (χ4v) is 2.75. The first-order chi connectivity index (χ1) is 10.3. The van der Waals surface area contributed by atoms with Gasteiger partial charge in [-0.05, 0) is 43.2 Å². The van der Waals surface area contributed by atoms with Gasteiger partial charge < -0.3 is 4.90 Å². The number of ketones is 1. The molecular weight excluding hydrogens is 298 g/mol. The third-order valence-corrected chi connectivity index (χ3v) is 3.95. The second kappa shape index (κ2) is 6.32. The van der Waals surface area contributed by atoms with Crippen molar-refractivity contribution in [2.45, 2.75) is 20.8 Å². The zero-order valence-electron chi connectivity index (χ0n) is 13.1. The molecule has 0 fully saturated rings. The summed E-state index contributed by atoms with van der Waals surface area (Å²) in [6.07, 6.45) is 0. The highest BCUT2D eigenvalue weighted by atomic mass is 35.5. The molecule has 1 amide bonds. The van der Waals surface area contributed by atoms with Crippen molar-refractivity contribution in [3.05, 3.63) is 63.7 Å². The molecule has 114 valence electrons. The summed E-state index contributed by atoms with van der Waals surface area (Å²) in [5.74, 6) is -0.305. The van der Waals surface area contributed by atoms with E-state index < -0.39 is 0 Å². The molecule has 2 rings (SSSR count). The number of anilines is 1. The van der Waals surface area contributed by atoms with Gasteiger partial charge in [0.1, 0.15) is 0 Å². The predicted molar refractivity (Wildman–Crippen MR) is 89.9 cm³/mol. The molecule has 0 aliphatic carbocycles. The van der Waals surface area contributed by atoms with Crippen molar-refractivity contribution in [3.8, 4) is 0 Å². The Hall–Kier alpha value is -2.13. The van der Waals surface area contributed by atoms with E-state index in [1.807, 2.05) is 19.9 Å². The van der Waals surface area contributed by atoms with Gasteiger partial charge in [-0.2, -0.15) is 0 Å². The number of aryl methyl sites for hydroxylation is 2. The molecule has 3 nitrogen and oxygen atoms in total. The molecule has 0 atom stereocenters. The van der Waals surface area contributed by atoms with Crippen LogP contribution in [0.3, 0.4) is 0 Å². The minimum atomic E-state index is -0.180. The van der Waals surface area contributed by atoms with Gasteiger partial charge in [-0.15, -0.1) is 0 Å². The Bertz CT molecular complexity index is 753. The minimum Gasteiger partial charge on any atom is -0.315 e. The first-order valence-corrected chi connectivity index (χ1v) is 7.35. The minimum absolute atomic E-state index is 0.125. The second-order valence-corrected chi connectivity index (χ2v) is 5.77.